The predicted molar refractivity (Wildman–Crippen MR) is 109 cm³/mol. The fourth-order valence-corrected chi connectivity index (χ4v) is 3.48. The van der Waals surface area contributed by atoms with Crippen LogP contribution in [0.2, 0.25) is 0 Å². The zero-order valence-electron chi connectivity index (χ0n) is 16.0. The van der Waals surface area contributed by atoms with Crippen LogP contribution in [0.4, 0.5) is 5.69 Å². The van der Waals surface area contributed by atoms with E-state index in [1.165, 1.54) is 18.2 Å². The second-order valence-corrected chi connectivity index (χ2v) is 6.76. The standard InChI is InChI=1S/C23H21NO5/c1-2-29-23(26)22-20(18-9-6-10-19(15-18)24(27)28)13-17(14-21(22)25)12-11-16-7-4-3-5-8-16/h3-12,14-15,20,22H,2,13H2,1H3/b12-11+. The number of ketones is 1. The monoisotopic (exact) mass is 391 g/mol. The van der Waals surface area contributed by atoms with E-state index in [1.54, 1.807) is 19.1 Å². The van der Waals surface area contributed by atoms with Crippen molar-refractivity contribution in [1.82, 2.24) is 0 Å². The van der Waals surface area contributed by atoms with Crippen LogP contribution in [0.1, 0.15) is 30.4 Å². The van der Waals surface area contributed by atoms with Crippen LogP contribution in [0.15, 0.2) is 72.3 Å². The number of nitro benzene ring substituents is 1. The summed E-state index contributed by atoms with van der Waals surface area (Å²) in [5.74, 6) is -2.48. The van der Waals surface area contributed by atoms with Crippen LogP contribution in [0.25, 0.3) is 6.08 Å². The Hall–Kier alpha value is -3.54. The summed E-state index contributed by atoms with van der Waals surface area (Å²) in [4.78, 5) is 35.9. The number of hydrogen-bond acceptors (Lipinski definition) is 5. The van der Waals surface area contributed by atoms with Crippen LogP contribution >= 0.6 is 0 Å². The number of non-ortho nitro benzene ring substituents is 1. The van der Waals surface area contributed by atoms with Gasteiger partial charge in [0.2, 0.25) is 0 Å². The maximum absolute atomic E-state index is 12.8. The Morgan fingerprint density at radius 1 is 1.17 bits per heavy atom. The molecule has 0 radical (unpaired) electrons. The number of ether oxygens (including phenoxy) is 1. The number of hydrogen-bond donors (Lipinski definition) is 0. The van der Waals surface area contributed by atoms with Crippen LogP contribution in [-0.2, 0) is 14.3 Å². The Labute approximate surface area is 168 Å². The van der Waals surface area contributed by atoms with E-state index in [0.29, 0.717) is 12.0 Å². The van der Waals surface area contributed by atoms with Crippen LogP contribution in [0, 0.1) is 16.0 Å². The molecule has 0 saturated carbocycles. The van der Waals surface area contributed by atoms with Gasteiger partial charge in [-0.2, -0.15) is 0 Å². The Morgan fingerprint density at radius 2 is 1.93 bits per heavy atom. The number of nitrogens with zero attached hydrogens (tertiary/aromatic N) is 1. The number of rotatable bonds is 6. The summed E-state index contributed by atoms with van der Waals surface area (Å²) in [6.07, 6.45) is 5.61. The third-order valence-corrected chi connectivity index (χ3v) is 4.83. The number of allylic oxidation sites excluding steroid dienone is 3. The number of esters is 1. The number of carbonyl (C=O) groups is 2. The zero-order valence-corrected chi connectivity index (χ0v) is 16.0. The molecule has 2 unspecified atom stereocenters. The maximum atomic E-state index is 12.8. The van der Waals surface area contributed by atoms with Gasteiger partial charge in [0.15, 0.2) is 5.78 Å². The maximum Gasteiger partial charge on any atom is 0.317 e. The van der Waals surface area contributed by atoms with Crippen molar-refractivity contribution in [3.8, 4) is 0 Å². The first-order chi connectivity index (χ1) is 14.0. The van der Waals surface area contributed by atoms with Crippen molar-refractivity contribution in [2.75, 3.05) is 6.61 Å². The third kappa shape index (κ3) is 4.85. The molecule has 0 amide bonds. The molecule has 2 atom stereocenters. The topological polar surface area (TPSA) is 86.5 Å². The summed E-state index contributed by atoms with van der Waals surface area (Å²) in [7, 11) is 0. The minimum absolute atomic E-state index is 0.0755. The van der Waals surface area contributed by atoms with Gasteiger partial charge >= 0.3 is 5.97 Å². The lowest BCUT2D eigenvalue weighted by Gasteiger charge is -2.28. The van der Waals surface area contributed by atoms with Crippen molar-refractivity contribution >= 4 is 23.5 Å². The zero-order chi connectivity index (χ0) is 20.8. The van der Waals surface area contributed by atoms with E-state index in [2.05, 4.69) is 0 Å². The van der Waals surface area contributed by atoms with Gasteiger partial charge in [-0.1, -0.05) is 54.6 Å². The summed E-state index contributed by atoms with van der Waals surface area (Å²) in [6.45, 7) is 1.84. The lowest BCUT2D eigenvalue weighted by Crippen LogP contribution is -2.34. The molecule has 6 heteroatoms. The molecule has 0 spiro atoms. The van der Waals surface area contributed by atoms with Gasteiger partial charge < -0.3 is 4.74 Å². The summed E-state index contributed by atoms with van der Waals surface area (Å²) < 4.78 is 5.10. The smallest absolute Gasteiger partial charge is 0.317 e. The molecule has 148 valence electrons. The Morgan fingerprint density at radius 3 is 2.62 bits per heavy atom. The highest BCUT2D eigenvalue weighted by Gasteiger charge is 2.39. The minimum atomic E-state index is -1.01. The van der Waals surface area contributed by atoms with Crippen molar-refractivity contribution in [1.29, 1.82) is 0 Å². The molecular formula is C23H21NO5. The summed E-state index contributed by atoms with van der Waals surface area (Å²) in [6, 6.07) is 15.7. The van der Waals surface area contributed by atoms with E-state index in [4.69, 9.17) is 4.74 Å². The summed E-state index contributed by atoms with van der Waals surface area (Å²) >= 11 is 0. The largest absolute Gasteiger partial charge is 0.465 e. The van der Waals surface area contributed by atoms with Crippen molar-refractivity contribution in [2.45, 2.75) is 19.3 Å². The highest BCUT2D eigenvalue weighted by Crippen LogP contribution is 2.38. The SMILES string of the molecule is CCOC(=O)C1C(=O)C=C(/C=C/c2ccccc2)CC1c1cccc([N+](=O)[O-])c1. The number of nitro groups is 1. The molecule has 2 aromatic carbocycles. The van der Waals surface area contributed by atoms with Gasteiger partial charge in [-0.05, 0) is 36.1 Å². The quantitative estimate of drug-likeness (QED) is 0.314. The molecule has 0 saturated heterocycles. The minimum Gasteiger partial charge on any atom is -0.465 e. The van der Waals surface area contributed by atoms with Crippen LogP contribution < -0.4 is 0 Å². The molecule has 29 heavy (non-hydrogen) atoms. The van der Waals surface area contributed by atoms with Crippen molar-refractivity contribution < 1.29 is 19.2 Å². The molecule has 3 rings (SSSR count). The first kappa shape index (κ1) is 20.2. The number of carbonyl (C=O) groups excluding carboxylic acids is 2. The molecule has 0 heterocycles. The highest BCUT2D eigenvalue weighted by atomic mass is 16.6. The lowest BCUT2D eigenvalue weighted by atomic mass is 9.74. The fraction of sp³-hybridized carbons (Fsp3) is 0.217. The van der Waals surface area contributed by atoms with Gasteiger partial charge in [0, 0.05) is 18.1 Å². The van der Waals surface area contributed by atoms with Crippen molar-refractivity contribution in [2.24, 2.45) is 5.92 Å². The van der Waals surface area contributed by atoms with Gasteiger partial charge in [0.25, 0.3) is 5.69 Å². The molecule has 0 bridgehead atoms. The normalized spacial score (nSPS) is 19.1. The molecular weight excluding hydrogens is 370 g/mol. The summed E-state index contributed by atoms with van der Waals surface area (Å²) in [5.41, 5.74) is 2.24. The predicted octanol–water partition coefficient (Wildman–Crippen LogP) is 4.47. The number of benzene rings is 2. The van der Waals surface area contributed by atoms with E-state index in [0.717, 1.165) is 11.1 Å². The highest BCUT2D eigenvalue weighted by molar-refractivity contribution is 6.07. The fourth-order valence-electron chi connectivity index (χ4n) is 3.48. The van der Waals surface area contributed by atoms with Crippen molar-refractivity contribution in [3.05, 3.63) is 93.6 Å². The third-order valence-electron chi connectivity index (χ3n) is 4.83. The molecule has 1 aliphatic rings. The van der Waals surface area contributed by atoms with E-state index < -0.39 is 22.7 Å². The first-order valence-electron chi connectivity index (χ1n) is 9.38. The molecule has 2 aromatic rings. The van der Waals surface area contributed by atoms with E-state index in [1.807, 2.05) is 42.5 Å². The van der Waals surface area contributed by atoms with Gasteiger partial charge in [0.1, 0.15) is 5.92 Å². The van der Waals surface area contributed by atoms with Crippen LogP contribution in [-0.4, -0.2) is 23.3 Å². The lowest BCUT2D eigenvalue weighted by molar-refractivity contribution is -0.384. The second kappa shape index (κ2) is 9.10. The molecule has 1 aliphatic carbocycles. The second-order valence-electron chi connectivity index (χ2n) is 6.76. The molecule has 6 nitrogen and oxygen atoms in total. The first-order valence-corrected chi connectivity index (χ1v) is 9.38. The van der Waals surface area contributed by atoms with E-state index in [-0.39, 0.29) is 18.1 Å². The van der Waals surface area contributed by atoms with Crippen molar-refractivity contribution in [3.63, 3.8) is 0 Å². The average molecular weight is 391 g/mol. The van der Waals surface area contributed by atoms with Crippen LogP contribution in [0.5, 0.6) is 0 Å². The average Bonchev–Trinajstić information content (AvgIpc) is 2.72. The Balaban J connectivity index is 1.96. The molecule has 0 aromatic heterocycles. The van der Waals surface area contributed by atoms with E-state index >= 15 is 0 Å². The van der Waals surface area contributed by atoms with Gasteiger partial charge in [-0.15, -0.1) is 0 Å². The van der Waals surface area contributed by atoms with Gasteiger partial charge in [-0.25, -0.2) is 0 Å². The Kier molecular flexibility index (Phi) is 6.34. The summed E-state index contributed by atoms with van der Waals surface area (Å²) in [5, 5.41) is 11.2. The van der Waals surface area contributed by atoms with E-state index in [9.17, 15) is 19.7 Å². The Bertz CT molecular complexity index is 978. The van der Waals surface area contributed by atoms with Gasteiger partial charge in [0.05, 0.1) is 11.5 Å². The molecule has 0 aliphatic heterocycles. The molecule has 0 fully saturated rings. The van der Waals surface area contributed by atoms with Crippen LogP contribution in [0.3, 0.4) is 0 Å². The molecule has 0 N–H and O–H groups in total. The van der Waals surface area contributed by atoms with Gasteiger partial charge in [-0.3, -0.25) is 19.7 Å².